The van der Waals surface area contributed by atoms with Gasteiger partial charge in [0.05, 0.1) is 35.9 Å². The molecule has 29 heavy (non-hydrogen) atoms. The lowest BCUT2D eigenvalue weighted by Crippen LogP contribution is -2.22. The van der Waals surface area contributed by atoms with Gasteiger partial charge < -0.3 is 14.8 Å². The van der Waals surface area contributed by atoms with E-state index in [1.165, 1.54) is 36.6 Å². The first-order valence-electron chi connectivity index (χ1n) is 8.21. The molecule has 0 saturated heterocycles. The van der Waals surface area contributed by atoms with Gasteiger partial charge in [-0.3, -0.25) is 19.7 Å². The van der Waals surface area contributed by atoms with Crippen molar-refractivity contribution >= 4 is 45.9 Å². The normalized spacial score (nSPS) is 10.4. The fourth-order valence-electron chi connectivity index (χ4n) is 2.33. The summed E-state index contributed by atoms with van der Waals surface area (Å²) < 4.78 is 10.0. The molecular formula is C18H15N3O6S2. The molecule has 2 aromatic heterocycles. The van der Waals surface area contributed by atoms with Crippen molar-refractivity contribution < 1.29 is 24.0 Å². The van der Waals surface area contributed by atoms with Crippen molar-refractivity contribution in [3.05, 3.63) is 56.2 Å². The van der Waals surface area contributed by atoms with Crippen LogP contribution in [0.1, 0.15) is 5.69 Å². The van der Waals surface area contributed by atoms with Gasteiger partial charge in [0.2, 0.25) is 0 Å². The number of nitrogens with one attached hydrogen (secondary N) is 1. The smallest absolute Gasteiger partial charge is 0.312 e. The predicted molar refractivity (Wildman–Crippen MR) is 108 cm³/mol. The van der Waals surface area contributed by atoms with E-state index in [0.717, 1.165) is 10.6 Å². The number of nitro benzene ring substituents is 1. The van der Waals surface area contributed by atoms with Crippen LogP contribution in [0, 0.1) is 10.1 Å². The Morgan fingerprint density at radius 3 is 2.79 bits per heavy atom. The number of esters is 1. The van der Waals surface area contributed by atoms with Gasteiger partial charge in [0.15, 0.2) is 6.61 Å². The molecule has 0 spiro atoms. The Balaban J connectivity index is 1.51. The molecule has 0 aliphatic carbocycles. The molecule has 0 radical (unpaired) electrons. The minimum atomic E-state index is -0.595. The van der Waals surface area contributed by atoms with Gasteiger partial charge in [0, 0.05) is 22.4 Å². The molecule has 0 atom stereocenters. The number of thiophene rings is 1. The van der Waals surface area contributed by atoms with Crippen LogP contribution in [0.3, 0.4) is 0 Å². The highest BCUT2D eigenvalue weighted by Gasteiger charge is 2.15. The SMILES string of the molecule is COc1cc([N+](=O)[O-])ccc1NC(=O)COC(=O)Cc1csc(-c2ccsc2)n1. The van der Waals surface area contributed by atoms with Gasteiger partial charge in [-0.2, -0.15) is 11.3 Å². The van der Waals surface area contributed by atoms with Crippen LogP contribution in [-0.2, 0) is 20.7 Å². The second-order valence-electron chi connectivity index (χ2n) is 5.68. The zero-order chi connectivity index (χ0) is 20.8. The van der Waals surface area contributed by atoms with Crippen LogP contribution < -0.4 is 10.1 Å². The zero-order valence-electron chi connectivity index (χ0n) is 15.1. The molecule has 150 valence electrons. The molecule has 0 unspecified atom stereocenters. The van der Waals surface area contributed by atoms with Gasteiger partial charge in [-0.1, -0.05) is 0 Å². The van der Waals surface area contributed by atoms with E-state index in [2.05, 4.69) is 10.3 Å². The van der Waals surface area contributed by atoms with Crippen LogP contribution in [0.2, 0.25) is 0 Å². The molecule has 1 aromatic carbocycles. The van der Waals surface area contributed by atoms with E-state index in [-0.39, 0.29) is 23.5 Å². The number of hydrogen-bond acceptors (Lipinski definition) is 9. The molecule has 1 N–H and O–H groups in total. The molecule has 3 rings (SSSR count). The lowest BCUT2D eigenvalue weighted by molar-refractivity contribution is -0.384. The van der Waals surface area contributed by atoms with E-state index in [0.29, 0.717) is 5.69 Å². The maximum absolute atomic E-state index is 12.0. The number of non-ortho nitro benzene ring substituents is 1. The van der Waals surface area contributed by atoms with Crippen LogP contribution in [0.25, 0.3) is 10.6 Å². The van der Waals surface area contributed by atoms with Crippen molar-refractivity contribution in [2.45, 2.75) is 6.42 Å². The number of thiazole rings is 1. The first-order valence-corrected chi connectivity index (χ1v) is 10.0. The standard InChI is InChI=1S/C18H15N3O6S2/c1-26-15-7-13(21(24)25)2-3-14(15)20-16(22)8-27-17(23)6-12-10-29-18(19-12)11-4-5-28-9-11/h2-5,7,9-10H,6,8H2,1H3,(H,20,22). The fraction of sp³-hybridized carbons (Fsp3) is 0.167. The fourth-order valence-corrected chi connectivity index (χ4v) is 3.87. The third kappa shape index (κ3) is 5.36. The number of aromatic nitrogens is 1. The number of hydrogen-bond donors (Lipinski definition) is 1. The molecule has 0 saturated carbocycles. The van der Waals surface area contributed by atoms with Gasteiger partial charge >= 0.3 is 5.97 Å². The van der Waals surface area contributed by atoms with Gasteiger partial charge in [-0.25, -0.2) is 4.98 Å². The highest BCUT2D eigenvalue weighted by atomic mass is 32.1. The van der Waals surface area contributed by atoms with Crippen LogP contribution in [-0.4, -0.2) is 35.5 Å². The lowest BCUT2D eigenvalue weighted by Gasteiger charge is -2.10. The average Bonchev–Trinajstić information content (AvgIpc) is 3.38. The second kappa shape index (κ2) is 9.26. The van der Waals surface area contributed by atoms with E-state index in [1.54, 1.807) is 16.7 Å². The predicted octanol–water partition coefficient (Wildman–Crippen LogP) is 3.51. The molecule has 9 nitrogen and oxygen atoms in total. The molecule has 2 heterocycles. The van der Waals surface area contributed by atoms with Crippen molar-refractivity contribution in [3.8, 4) is 16.3 Å². The Hall–Kier alpha value is -3.31. The average molecular weight is 433 g/mol. The van der Waals surface area contributed by atoms with Gasteiger partial charge in [0.1, 0.15) is 10.8 Å². The van der Waals surface area contributed by atoms with E-state index in [9.17, 15) is 19.7 Å². The number of carbonyl (C=O) groups is 2. The third-order valence-corrected chi connectivity index (χ3v) is 5.30. The van der Waals surface area contributed by atoms with E-state index in [1.807, 2.05) is 16.8 Å². The molecule has 3 aromatic rings. The summed E-state index contributed by atoms with van der Waals surface area (Å²) in [6.45, 7) is -0.500. The summed E-state index contributed by atoms with van der Waals surface area (Å²) in [5.74, 6) is -1.05. The number of methoxy groups -OCH3 is 1. The number of nitrogens with zero attached hydrogens (tertiary/aromatic N) is 2. The maximum Gasteiger partial charge on any atom is 0.312 e. The molecule has 0 fully saturated rings. The Labute approximate surface area is 173 Å². The number of carbonyl (C=O) groups excluding carboxylic acids is 2. The monoisotopic (exact) mass is 433 g/mol. The molecular weight excluding hydrogens is 418 g/mol. The first kappa shape index (κ1) is 20.4. The number of rotatable bonds is 8. The van der Waals surface area contributed by atoms with Crippen LogP contribution in [0.15, 0.2) is 40.4 Å². The summed E-state index contributed by atoms with van der Waals surface area (Å²) in [6.07, 6.45) is -0.0469. The quantitative estimate of drug-likeness (QED) is 0.328. The zero-order valence-corrected chi connectivity index (χ0v) is 16.7. The van der Waals surface area contributed by atoms with E-state index in [4.69, 9.17) is 9.47 Å². The van der Waals surface area contributed by atoms with Crippen LogP contribution >= 0.6 is 22.7 Å². The topological polar surface area (TPSA) is 121 Å². The summed E-state index contributed by atoms with van der Waals surface area (Å²) in [4.78, 5) is 38.6. The molecule has 0 aliphatic rings. The van der Waals surface area contributed by atoms with Crippen molar-refractivity contribution in [2.24, 2.45) is 0 Å². The minimum Gasteiger partial charge on any atom is -0.494 e. The van der Waals surface area contributed by atoms with Crippen molar-refractivity contribution in [3.63, 3.8) is 0 Å². The highest BCUT2D eigenvalue weighted by Crippen LogP contribution is 2.29. The third-order valence-electron chi connectivity index (χ3n) is 3.68. The summed E-state index contributed by atoms with van der Waals surface area (Å²) in [5.41, 5.74) is 1.63. The number of nitro groups is 1. The van der Waals surface area contributed by atoms with Crippen LogP contribution in [0.5, 0.6) is 5.75 Å². The summed E-state index contributed by atoms with van der Waals surface area (Å²) in [5, 5.41) is 19.8. The summed E-state index contributed by atoms with van der Waals surface area (Å²) >= 11 is 2.99. The highest BCUT2D eigenvalue weighted by molar-refractivity contribution is 7.14. The lowest BCUT2D eigenvalue weighted by atomic mass is 10.2. The van der Waals surface area contributed by atoms with Gasteiger partial charge in [-0.15, -0.1) is 11.3 Å². The summed E-state index contributed by atoms with van der Waals surface area (Å²) in [6, 6.07) is 5.72. The van der Waals surface area contributed by atoms with Crippen LogP contribution in [0.4, 0.5) is 11.4 Å². The molecule has 0 bridgehead atoms. The molecule has 1 amide bonds. The largest absolute Gasteiger partial charge is 0.494 e. The Morgan fingerprint density at radius 2 is 2.10 bits per heavy atom. The Kier molecular flexibility index (Phi) is 6.52. The Bertz CT molecular complexity index is 1030. The summed E-state index contributed by atoms with van der Waals surface area (Å²) in [7, 11) is 1.33. The Morgan fingerprint density at radius 1 is 1.28 bits per heavy atom. The molecule has 11 heteroatoms. The molecule has 0 aliphatic heterocycles. The second-order valence-corrected chi connectivity index (χ2v) is 7.32. The van der Waals surface area contributed by atoms with Crippen molar-refractivity contribution in [1.29, 1.82) is 0 Å². The van der Waals surface area contributed by atoms with Gasteiger partial charge in [0.25, 0.3) is 11.6 Å². The van der Waals surface area contributed by atoms with Crippen molar-refractivity contribution in [1.82, 2.24) is 4.98 Å². The van der Waals surface area contributed by atoms with Crippen molar-refractivity contribution in [2.75, 3.05) is 19.0 Å². The number of ether oxygens (including phenoxy) is 2. The van der Waals surface area contributed by atoms with Gasteiger partial charge in [-0.05, 0) is 17.5 Å². The van der Waals surface area contributed by atoms with E-state index >= 15 is 0 Å². The minimum absolute atomic E-state index is 0.0469. The number of anilines is 1. The number of amides is 1. The van der Waals surface area contributed by atoms with E-state index < -0.39 is 23.4 Å². The number of benzene rings is 1. The maximum atomic E-state index is 12.0. The first-order chi connectivity index (χ1) is 14.0.